The fourth-order valence-corrected chi connectivity index (χ4v) is 2.65. The fourth-order valence-electron chi connectivity index (χ4n) is 2.34. The second-order valence-electron chi connectivity index (χ2n) is 4.84. The van der Waals surface area contributed by atoms with E-state index < -0.39 is 11.7 Å². The summed E-state index contributed by atoms with van der Waals surface area (Å²) in [4.78, 5) is 25.3. The maximum atomic E-state index is 12.0. The van der Waals surface area contributed by atoms with E-state index in [-0.39, 0.29) is 0 Å². The van der Waals surface area contributed by atoms with Crippen LogP contribution >= 0.6 is 23.2 Å². The van der Waals surface area contributed by atoms with Crippen LogP contribution in [0.1, 0.15) is 15.9 Å². The van der Waals surface area contributed by atoms with Crippen LogP contribution < -0.4 is 4.90 Å². The number of amides is 1. The van der Waals surface area contributed by atoms with Gasteiger partial charge < -0.3 is 4.90 Å². The molecule has 2 aromatic rings. The van der Waals surface area contributed by atoms with E-state index in [9.17, 15) is 9.59 Å². The number of hydrogen-bond acceptors (Lipinski definition) is 2. The van der Waals surface area contributed by atoms with Gasteiger partial charge in [0.1, 0.15) is 0 Å². The third kappa shape index (κ3) is 2.65. The van der Waals surface area contributed by atoms with Crippen molar-refractivity contribution in [3.8, 4) is 0 Å². The first-order valence-electron chi connectivity index (χ1n) is 6.65. The third-order valence-electron chi connectivity index (χ3n) is 3.42. The zero-order chi connectivity index (χ0) is 15.7. The molecule has 0 saturated carbocycles. The number of carbonyl (C=O) groups excluding carboxylic acids is 2. The van der Waals surface area contributed by atoms with E-state index in [2.05, 4.69) is 0 Å². The standard InChI is InChI=1S/C17H11Cl2NO2/c18-13-8-7-11(10-14(13)19)4-3-9-20-15-6-2-1-5-12(15)16(21)17(20)22/h1-8,10H,9H2/b4-3+. The average Bonchev–Trinajstić information content (AvgIpc) is 2.76. The normalized spacial score (nSPS) is 14.0. The van der Waals surface area contributed by atoms with E-state index in [1.165, 1.54) is 4.90 Å². The topological polar surface area (TPSA) is 37.4 Å². The summed E-state index contributed by atoms with van der Waals surface area (Å²) in [5.41, 5.74) is 1.98. The number of ketones is 1. The number of Topliss-reactive ketones (excluding diaryl/α,β-unsaturated/α-hetero) is 1. The second kappa shape index (κ2) is 5.95. The van der Waals surface area contributed by atoms with Crippen molar-refractivity contribution in [1.29, 1.82) is 0 Å². The van der Waals surface area contributed by atoms with Crippen molar-refractivity contribution in [2.75, 3.05) is 11.4 Å². The van der Waals surface area contributed by atoms with Crippen LogP contribution in [-0.4, -0.2) is 18.2 Å². The van der Waals surface area contributed by atoms with Crippen LogP contribution in [0, 0.1) is 0 Å². The molecule has 0 N–H and O–H groups in total. The number of rotatable bonds is 3. The molecule has 0 aromatic heterocycles. The number of hydrogen-bond donors (Lipinski definition) is 0. The zero-order valence-electron chi connectivity index (χ0n) is 11.4. The molecule has 2 aromatic carbocycles. The van der Waals surface area contributed by atoms with Crippen molar-refractivity contribution in [2.24, 2.45) is 0 Å². The number of halogens is 2. The van der Waals surface area contributed by atoms with Gasteiger partial charge in [0, 0.05) is 6.54 Å². The number of nitrogens with zero attached hydrogens (tertiary/aromatic N) is 1. The molecule has 1 heterocycles. The summed E-state index contributed by atoms with van der Waals surface area (Å²) >= 11 is 11.8. The van der Waals surface area contributed by atoms with Crippen LogP contribution in [0.15, 0.2) is 48.5 Å². The average molecular weight is 332 g/mol. The second-order valence-corrected chi connectivity index (χ2v) is 5.65. The first kappa shape index (κ1) is 14.8. The zero-order valence-corrected chi connectivity index (χ0v) is 12.9. The molecule has 0 radical (unpaired) electrons. The maximum absolute atomic E-state index is 12.0. The Kier molecular flexibility index (Phi) is 4.01. The predicted molar refractivity (Wildman–Crippen MR) is 88.6 cm³/mol. The quantitative estimate of drug-likeness (QED) is 0.789. The minimum Gasteiger partial charge on any atom is -0.301 e. The van der Waals surface area contributed by atoms with Crippen LogP contribution in [0.25, 0.3) is 6.08 Å². The van der Waals surface area contributed by atoms with E-state index in [0.717, 1.165) is 5.56 Å². The lowest BCUT2D eigenvalue weighted by Gasteiger charge is -2.13. The molecule has 0 unspecified atom stereocenters. The highest BCUT2D eigenvalue weighted by Crippen LogP contribution is 2.28. The Labute approximate surface area is 137 Å². The number of fused-ring (bicyclic) bond motifs is 1. The maximum Gasteiger partial charge on any atom is 0.299 e. The first-order chi connectivity index (χ1) is 10.6. The van der Waals surface area contributed by atoms with Gasteiger partial charge >= 0.3 is 0 Å². The first-order valence-corrected chi connectivity index (χ1v) is 7.40. The lowest BCUT2D eigenvalue weighted by molar-refractivity contribution is -0.114. The molecule has 0 bridgehead atoms. The Morgan fingerprint density at radius 1 is 1.00 bits per heavy atom. The van der Waals surface area contributed by atoms with E-state index >= 15 is 0 Å². The van der Waals surface area contributed by atoms with Gasteiger partial charge in [-0.05, 0) is 29.8 Å². The minimum atomic E-state index is -0.500. The summed E-state index contributed by atoms with van der Waals surface area (Å²) in [6.07, 6.45) is 3.65. The van der Waals surface area contributed by atoms with Crippen molar-refractivity contribution >= 4 is 46.7 Å². The molecular weight excluding hydrogens is 321 g/mol. The van der Waals surface area contributed by atoms with Crippen molar-refractivity contribution < 1.29 is 9.59 Å². The van der Waals surface area contributed by atoms with Crippen LogP contribution in [0.5, 0.6) is 0 Å². The van der Waals surface area contributed by atoms with Crippen LogP contribution in [-0.2, 0) is 4.79 Å². The van der Waals surface area contributed by atoms with Gasteiger partial charge in [-0.1, -0.05) is 53.6 Å². The molecule has 0 saturated heterocycles. The van der Waals surface area contributed by atoms with Crippen molar-refractivity contribution in [3.63, 3.8) is 0 Å². The van der Waals surface area contributed by atoms with Crippen LogP contribution in [0.2, 0.25) is 10.0 Å². The van der Waals surface area contributed by atoms with E-state index in [4.69, 9.17) is 23.2 Å². The molecule has 22 heavy (non-hydrogen) atoms. The van der Waals surface area contributed by atoms with Gasteiger partial charge in [-0.3, -0.25) is 9.59 Å². The van der Waals surface area contributed by atoms with E-state index in [1.807, 2.05) is 18.2 Å². The predicted octanol–water partition coefficient (Wildman–Crippen LogP) is 4.24. The molecule has 1 aliphatic rings. The van der Waals surface area contributed by atoms with Gasteiger partial charge in [0.2, 0.25) is 0 Å². The Balaban J connectivity index is 1.79. The summed E-state index contributed by atoms with van der Waals surface area (Å²) < 4.78 is 0. The highest BCUT2D eigenvalue weighted by molar-refractivity contribution is 6.52. The smallest absolute Gasteiger partial charge is 0.299 e. The number of benzene rings is 2. The lowest BCUT2D eigenvalue weighted by atomic mass is 10.1. The lowest BCUT2D eigenvalue weighted by Crippen LogP contribution is -2.29. The van der Waals surface area contributed by atoms with Crippen molar-refractivity contribution in [2.45, 2.75) is 0 Å². The summed E-state index contributed by atoms with van der Waals surface area (Å²) in [5.74, 6) is -0.960. The van der Waals surface area contributed by atoms with Gasteiger partial charge in [0.15, 0.2) is 0 Å². The highest BCUT2D eigenvalue weighted by atomic mass is 35.5. The van der Waals surface area contributed by atoms with E-state index in [0.29, 0.717) is 27.8 Å². The van der Waals surface area contributed by atoms with Crippen molar-refractivity contribution in [1.82, 2.24) is 0 Å². The third-order valence-corrected chi connectivity index (χ3v) is 4.16. The Hall–Kier alpha value is -2.10. The summed E-state index contributed by atoms with van der Waals surface area (Å²) in [6, 6.07) is 12.3. The summed E-state index contributed by atoms with van der Waals surface area (Å²) in [7, 11) is 0. The molecule has 0 atom stereocenters. The minimum absolute atomic E-state index is 0.321. The summed E-state index contributed by atoms with van der Waals surface area (Å²) in [5, 5.41) is 0.967. The molecule has 1 aliphatic heterocycles. The summed E-state index contributed by atoms with van der Waals surface area (Å²) in [6.45, 7) is 0.321. The molecule has 3 nitrogen and oxygen atoms in total. The molecule has 3 rings (SSSR count). The Morgan fingerprint density at radius 3 is 2.55 bits per heavy atom. The van der Waals surface area contributed by atoms with Crippen molar-refractivity contribution in [3.05, 3.63) is 69.7 Å². The van der Waals surface area contributed by atoms with Gasteiger partial charge in [0.05, 0.1) is 21.3 Å². The molecule has 0 fully saturated rings. The SMILES string of the molecule is O=C1C(=O)N(C/C=C/c2ccc(Cl)c(Cl)c2)c2ccccc21. The molecule has 110 valence electrons. The highest BCUT2D eigenvalue weighted by Gasteiger charge is 2.34. The van der Waals surface area contributed by atoms with Gasteiger partial charge in [-0.2, -0.15) is 0 Å². The van der Waals surface area contributed by atoms with Gasteiger partial charge in [0.25, 0.3) is 11.7 Å². The molecule has 5 heteroatoms. The van der Waals surface area contributed by atoms with E-state index in [1.54, 1.807) is 36.4 Å². The van der Waals surface area contributed by atoms with Crippen LogP contribution in [0.3, 0.4) is 0 Å². The number of carbonyl (C=O) groups is 2. The fraction of sp³-hybridized carbons (Fsp3) is 0.0588. The van der Waals surface area contributed by atoms with Gasteiger partial charge in [-0.15, -0.1) is 0 Å². The molecule has 1 amide bonds. The molecule has 0 spiro atoms. The monoisotopic (exact) mass is 331 g/mol. The molecule has 0 aliphatic carbocycles. The number of anilines is 1. The number of para-hydroxylation sites is 1. The Morgan fingerprint density at radius 2 is 1.77 bits per heavy atom. The Bertz CT molecular complexity index is 799. The molecular formula is C17H11Cl2NO2. The largest absolute Gasteiger partial charge is 0.301 e. The van der Waals surface area contributed by atoms with Gasteiger partial charge in [-0.25, -0.2) is 0 Å². The van der Waals surface area contributed by atoms with Crippen LogP contribution in [0.4, 0.5) is 5.69 Å².